The van der Waals surface area contributed by atoms with Crippen molar-refractivity contribution in [3.63, 3.8) is 0 Å². The third kappa shape index (κ3) is 7.92. The number of nitrogens with one attached hydrogen (secondary N) is 2. The number of aryl methyl sites for hydroxylation is 1. The first kappa shape index (κ1) is 21.1. The minimum Gasteiger partial charge on any atom is -0.475 e. The van der Waals surface area contributed by atoms with E-state index < -0.39 is 0 Å². The largest absolute Gasteiger partial charge is 0.475 e. The summed E-state index contributed by atoms with van der Waals surface area (Å²) in [4.78, 5) is 14.7. The van der Waals surface area contributed by atoms with E-state index in [4.69, 9.17) is 9.47 Å². The summed E-state index contributed by atoms with van der Waals surface area (Å²) in [5.74, 6) is 1.39. The first-order valence-electron chi connectivity index (χ1n) is 9.27. The number of guanidine groups is 1. The summed E-state index contributed by atoms with van der Waals surface area (Å²) in [7, 11) is 1.65. The Balaban J connectivity index is 1.81. The molecule has 0 radical (unpaired) electrons. The lowest BCUT2D eigenvalue weighted by atomic mass is 10.3. The fourth-order valence-corrected chi connectivity index (χ4v) is 3.11. The smallest absolute Gasteiger partial charge is 0.213 e. The highest BCUT2D eigenvalue weighted by atomic mass is 32.1. The van der Waals surface area contributed by atoms with Gasteiger partial charge in [-0.2, -0.15) is 0 Å². The van der Waals surface area contributed by atoms with Crippen molar-refractivity contribution in [1.82, 2.24) is 20.6 Å². The predicted octanol–water partition coefficient (Wildman–Crippen LogP) is 2.42. The number of rotatable bonds is 11. The van der Waals surface area contributed by atoms with Crippen LogP contribution in [0.25, 0.3) is 0 Å². The zero-order chi connectivity index (χ0) is 19.3. The summed E-state index contributed by atoms with van der Waals surface area (Å²) in [6.07, 6.45) is 5.69. The highest BCUT2D eigenvalue weighted by molar-refractivity contribution is 7.11. The van der Waals surface area contributed by atoms with Crippen molar-refractivity contribution in [2.24, 2.45) is 4.99 Å². The van der Waals surface area contributed by atoms with Crippen molar-refractivity contribution < 1.29 is 9.47 Å². The van der Waals surface area contributed by atoms with Crippen LogP contribution in [0.1, 0.15) is 29.3 Å². The van der Waals surface area contributed by atoms with Crippen molar-refractivity contribution in [3.8, 4) is 5.88 Å². The molecule has 0 aliphatic heterocycles. The van der Waals surface area contributed by atoms with Crippen LogP contribution >= 0.6 is 11.3 Å². The lowest BCUT2D eigenvalue weighted by Crippen LogP contribution is -2.38. The average Bonchev–Trinajstić information content (AvgIpc) is 3.15. The third-order valence-corrected chi connectivity index (χ3v) is 4.88. The molecule has 0 saturated heterocycles. The number of hydrogen-bond acceptors (Lipinski definition) is 6. The van der Waals surface area contributed by atoms with Gasteiger partial charge in [0.05, 0.1) is 18.2 Å². The Morgan fingerprint density at radius 2 is 2.04 bits per heavy atom. The summed E-state index contributed by atoms with van der Waals surface area (Å²) < 4.78 is 10.4. The summed E-state index contributed by atoms with van der Waals surface area (Å²) in [6, 6.07) is 3.83. The van der Waals surface area contributed by atoms with E-state index >= 15 is 0 Å². The van der Waals surface area contributed by atoms with E-state index in [-0.39, 0.29) is 0 Å². The Hall–Kier alpha value is -2.19. The molecule has 0 atom stereocenters. The van der Waals surface area contributed by atoms with Crippen LogP contribution in [0.4, 0.5) is 0 Å². The minimum absolute atomic E-state index is 0.494. The molecule has 0 fully saturated rings. The van der Waals surface area contributed by atoms with Crippen LogP contribution in [-0.4, -0.2) is 49.3 Å². The Bertz CT molecular complexity index is 688. The first-order chi connectivity index (χ1) is 13.2. The van der Waals surface area contributed by atoms with E-state index in [2.05, 4.69) is 39.4 Å². The highest BCUT2D eigenvalue weighted by Crippen LogP contribution is 2.13. The van der Waals surface area contributed by atoms with E-state index in [9.17, 15) is 0 Å². The molecule has 8 heteroatoms. The first-order valence-corrected chi connectivity index (χ1v) is 10.1. The molecule has 0 unspecified atom stereocenters. The molecule has 0 aliphatic carbocycles. The number of aromatic nitrogens is 2. The van der Waals surface area contributed by atoms with Crippen molar-refractivity contribution in [1.29, 1.82) is 0 Å². The van der Waals surface area contributed by atoms with Gasteiger partial charge in [0.1, 0.15) is 6.61 Å². The molecule has 7 nitrogen and oxygen atoms in total. The Labute approximate surface area is 165 Å². The molecule has 0 spiro atoms. The summed E-state index contributed by atoms with van der Waals surface area (Å²) in [6.45, 7) is 7.41. The van der Waals surface area contributed by atoms with E-state index in [1.54, 1.807) is 24.6 Å². The fraction of sp³-hybridized carbons (Fsp3) is 0.526. The quantitative estimate of drug-likeness (QED) is 0.348. The van der Waals surface area contributed by atoms with Gasteiger partial charge in [0, 0.05) is 50.0 Å². The van der Waals surface area contributed by atoms with Gasteiger partial charge >= 0.3 is 0 Å². The van der Waals surface area contributed by atoms with Crippen LogP contribution in [0, 0.1) is 0 Å². The standard InChI is InChI=1S/C19H29N5O2S/c1-4-16-14-23-18(27-16)8-9-21-19(20-5-2)24-13-15-6-7-17(22-12-15)26-11-10-25-3/h6-7,12,14H,4-5,8-11,13H2,1-3H3,(H2,20,21,24). The molecule has 2 aromatic heterocycles. The maximum atomic E-state index is 5.47. The van der Waals surface area contributed by atoms with Gasteiger partial charge in [0.15, 0.2) is 5.96 Å². The van der Waals surface area contributed by atoms with Gasteiger partial charge in [-0.3, -0.25) is 0 Å². The molecule has 148 valence electrons. The van der Waals surface area contributed by atoms with E-state index in [1.165, 1.54) is 4.88 Å². The van der Waals surface area contributed by atoms with Crippen molar-refractivity contribution in [2.75, 3.05) is 33.4 Å². The molecule has 0 saturated carbocycles. The van der Waals surface area contributed by atoms with Crippen molar-refractivity contribution in [2.45, 2.75) is 33.2 Å². The normalized spacial score (nSPS) is 11.4. The molecule has 0 bridgehead atoms. The highest BCUT2D eigenvalue weighted by Gasteiger charge is 2.03. The Morgan fingerprint density at radius 3 is 2.70 bits per heavy atom. The SMILES string of the molecule is CCNC(=NCc1ccc(OCCOC)nc1)NCCc1ncc(CC)s1. The lowest BCUT2D eigenvalue weighted by molar-refractivity contribution is 0.143. The Kier molecular flexibility index (Phi) is 9.57. The van der Waals surface area contributed by atoms with Crippen molar-refractivity contribution in [3.05, 3.63) is 40.0 Å². The monoisotopic (exact) mass is 391 g/mol. The van der Waals surface area contributed by atoms with Crippen LogP contribution < -0.4 is 15.4 Å². The Morgan fingerprint density at radius 1 is 1.15 bits per heavy atom. The van der Waals surface area contributed by atoms with Crippen LogP contribution in [-0.2, 0) is 24.1 Å². The molecule has 2 aromatic rings. The molecule has 2 N–H and O–H groups in total. The third-order valence-electron chi connectivity index (χ3n) is 3.68. The number of pyridine rings is 1. The molecule has 0 amide bonds. The maximum Gasteiger partial charge on any atom is 0.213 e. The molecule has 27 heavy (non-hydrogen) atoms. The molecule has 0 aliphatic rings. The maximum absolute atomic E-state index is 5.47. The zero-order valence-corrected chi connectivity index (χ0v) is 17.1. The van der Waals surface area contributed by atoms with Gasteiger partial charge in [-0.1, -0.05) is 13.0 Å². The van der Waals surface area contributed by atoms with E-state index in [0.29, 0.717) is 25.6 Å². The topological polar surface area (TPSA) is 80.7 Å². The van der Waals surface area contributed by atoms with E-state index in [0.717, 1.165) is 42.5 Å². The second-order valence-corrected chi connectivity index (χ2v) is 6.99. The number of nitrogens with zero attached hydrogens (tertiary/aromatic N) is 3. The van der Waals surface area contributed by atoms with Crippen LogP contribution in [0.3, 0.4) is 0 Å². The number of hydrogen-bond donors (Lipinski definition) is 2. The molecule has 2 heterocycles. The van der Waals surface area contributed by atoms with Gasteiger partial charge in [0.2, 0.25) is 5.88 Å². The lowest BCUT2D eigenvalue weighted by Gasteiger charge is -2.10. The van der Waals surface area contributed by atoms with Gasteiger partial charge in [-0.05, 0) is 18.9 Å². The van der Waals surface area contributed by atoms with Gasteiger partial charge in [0.25, 0.3) is 0 Å². The molecule has 0 aromatic carbocycles. The summed E-state index contributed by atoms with van der Waals surface area (Å²) in [5, 5.41) is 7.78. The van der Waals surface area contributed by atoms with Crippen LogP contribution in [0.5, 0.6) is 5.88 Å². The molecular formula is C19H29N5O2S. The second kappa shape index (κ2) is 12.2. The number of thiazole rings is 1. The van der Waals surface area contributed by atoms with Crippen LogP contribution in [0.15, 0.2) is 29.5 Å². The minimum atomic E-state index is 0.494. The molecular weight excluding hydrogens is 362 g/mol. The second-order valence-electron chi connectivity index (χ2n) is 5.79. The van der Waals surface area contributed by atoms with Crippen LogP contribution in [0.2, 0.25) is 0 Å². The van der Waals surface area contributed by atoms with Gasteiger partial charge in [-0.15, -0.1) is 11.3 Å². The number of methoxy groups -OCH3 is 1. The van der Waals surface area contributed by atoms with E-state index in [1.807, 2.05) is 18.3 Å². The van der Waals surface area contributed by atoms with Crippen molar-refractivity contribution >= 4 is 17.3 Å². The molecule has 2 rings (SSSR count). The van der Waals surface area contributed by atoms with Gasteiger partial charge in [-0.25, -0.2) is 15.0 Å². The summed E-state index contributed by atoms with van der Waals surface area (Å²) >= 11 is 1.78. The number of aliphatic imine (C=N–C) groups is 1. The summed E-state index contributed by atoms with van der Waals surface area (Å²) in [5.41, 5.74) is 1.03. The zero-order valence-electron chi connectivity index (χ0n) is 16.3. The predicted molar refractivity (Wildman–Crippen MR) is 110 cm³/mol. The van der Waals surface area contributed by atoms with Gasteiger partial charge < -0.3 is 20.1 Å². The average molecular weight is 392 g/mol. The fourth-order valence-electron chi connectivity index (χ4n) is 2.25. The number of ether oxygens (including phenoxy) is 2.